The highest BCUT2D eigenvalue weighted by Crippen LogP contribution is 2.19. The Morgan fingerprint density at radius 2 is 2.10 bits per heavy atom. The van der Waals surface area contributed by atoms with Crippen molar-refractivity contribution in [3.63, 3.8) is 0 Å². The predicted octanol–water partition coefficient (Wildman–Crippen LogP) is 2.57. The molecule has 0 aliphatic carbocycles. The van der Waals surface area contributed by atoms with Gasteiger partial charge < -0.3 is 9.80 Å². The number of nitrogens with zero attached hydrogens (tertiary/aromatic N) is 3. The minimum Gasteiger partial charge on any atom is -0.345 e. The van der Waals surface area contributed by atoms with Gasteiger partial charge in [0.2, 0.25) is 5.91 Å². The van der Waals surface area contributed by atoms with Crippen LogP contribution in [-0.4, -0.2) is 42.0 Å². The van der Waals surface area contributed by atoms with Crippen LogP contribution < -0.4 is 4.90 Å². The van der Waals surface area contributed by atoms with Gasteiger partial charge in [-0.15, -0.1) is 11.3 Å². The topological polar surface area (TPSA) is 36.4 Å². The van der Waals surface area contributed by atoms with Crippen LogP contribution in [-0.2, 0) is 4.79 Å². The highest BCUT2D eigenvalue weighted by atomic mass is 32.1. The van der Waals surface area contributed by atoms with E-state index in [1.165, 1.54) is 0 Å². The molecule has 1 saturated heterocycles. The van der Waals surface area contributed by atoms with Gasteiger partial charge in [0.1, 0.15) is 0 Å². The number of hydrogen-bond donors (Lipinski definition) is 0. The first kappa shape index (κ1) is 13.3. The molecule has 0 N–H and O–H groups in total. The third-order valence-corrected chi connectivity index (χ3v) is 4.78. The summed E-state index contributed by atoms with van der Waals surface area (Å²) in [6.45, 7) is 3.22. The number of piperazine rings is 1. The number of amides is 1. The Hall–Kier alpha value is -1.66. The number of aromatic nitrogens is 1. The summed E-state index contributed by atoms with van der Waals surface area (Å²) in [5, 5.41) is 7.07. The highest BCUT2D eigenvalue weighted by molar-refractivity contribution is 7.13. The number of carbonyl (C=O) groups is 1. The maximum atomic E-state index is 12.1. The summed E-state index contributed by atoms with van der Waals surface area (Å²) in [6.07, 6.45) is 5.37. The quantitative estimate of drug-likeness (QED) is 0.818. The van der Waals surface area contributed by atoms with Crippen molar-refractivity contribution in [2.24, 2.45) is 0 Å². The van der Waals surface area contributed by atoms with Gasteiger partial charge in [-0.25, -0.2) is 4.98 Å². The first-order chi connectivity index (χ1) is 9.83. The van der Waals surface area contributed by atoms with Crippen molar-refractivity contribution < 1.29 is 4.79 Å². The van der Waals surface area contributed by atoms with Crippen LogP contribution in [0.4, 0.5) is 5.13 Å². The van der Waals surface area contributed by atoms with Gasteiger partial charge in [0.15, 0.2) is 5.13 Å². The van der Waals surface area contributed by atoms with E-state index in [2.05, 4.69) is 9.88 Å². The van der Waals surface area contributed by atoms with Crippen molar-refractivity contribution in [2.45, 2.75) is 0 Å². The summed E-state index contributed by atoms with van der Waals surface area (Å²) >= 11 is 3.28. The molecule has 0 unspecified atom stereocenters. The molecule has 1 aliphatic heterocycles. The second kappa shape index (κ2) is 6.19. The van der Waals surface area contributed by atoms with Crippen LogP contribution in [0.15, 0.2) is 34.5 Å². The van der Waals surface area contributed by atoms with Crippen molar-refractivity contribution in [3.8, 4) is 0 Å². The molecule has 1 fully saturated rings. The standard InChI is InChI=1S/C14H15N3OS2/c18-13(2-1-12-3-9-19-11-12)16-5-7-17(8-6-16)14-15-4-10-20-14/h1-4,9-11H,5-8H2. The van der Waals surface area contributed by atoms with E-state index in [1.54, 1.807) is 28.7 Å². The lowest BCUT2D eigenvalue weighted by molar-refractivity contribution is -0.126. The molecule has 3 heterocycles. The zero-order chi connectivity index (χ0) is 13.8. The fraction of sp³-hybridized carbons (Fsp3) is 0.286. The number of anilines is 1. The molecule has 3 rings (SSSR count). The van der Waals surface area contributed by atoms with Crippen LogP contribution in [0.2, 0.25) is 0 Å². The molecule has 104 valence electrons. The Labute approximate surface area is 126 Å². The fourth-order valence-electron chi connectivity index (χ4n) is 2.13. The van der Waals surface area contributed by atoms with Crippen molar-refractivity contribution in [3.05, 3.63) is 40.0 Å². The van der Waals surface area contributed by atoms with E-state index in [-0.39, 0.29) is 5.91 Å². The third kappa shape index (κ3) is 3.08. The van der Waals surface area contributed by atoms with E-state index < -0.39 is 0 Å². The van der Waals surface area contributed by atoms with E-state index in [1.807, 2.05) is 39.4 Å². The Bertz CT molecular complexity index is 570. The number of carbonyl (C=O) groups excluding carboxylic acids is 1. The maximum absolute atomic E-state index is 12.1. The third-order valence-electron chi connectivity index (χ3n) is 3.24. The van der Waals surface area contributed by atoms with Gasteiger partial charge in [-0.05, 0) is 28.5 Å². The molecule has 0 radical (unpaired) electrons. The molecule has 0 atom stereocenters. The fourth-order valence-corrected chi connectivity index (χ4v) is 3.46. The first-order valence-corrected chi connectivity index (χ1v) is 8.29. The largest absolute Gasteiger partial charge is 0.345 e. The zero-order valence-corrected chi connectivity index (χ0v) is 12.6. The van der Waals surface area contributed by atoms with Crippen LogP contribution >= 0.6 is 22.7 Å². The summed E-state index contributed by atoms with van der Waals surface area (Å²) in [4.78, 5) is 20.5. The second-order valence-electron chi connectivity index (χ2n) is 4.52. The molecule has 2 aromatic rings. The summed E-state index contributed by atoms with van der Waals surface area (Å²) in [5.74, 6) is 0.0926. The van der Waals surface area contributed by atoms with E-state index in [0.29, 0.717) is 0 Å². The molecular formula is C14H15N3OS2. The molecule has 0 saturated carbocycles. The lowest BCUT2D eigenvalue weighted by Gasteiger charge is -2.34. The molecular weight excluding hydrogens is 290 g/mol. The van der Waals surface area contributed by atoms with E-state index >= 15 is 0 Å². The van der Waals surface area contributed by atoms with Crippen LogP contribution in [0.1, 0.15) is 5.56 Å². The monoisotopic (exact) mass is 305 g/mol. The average molecular weight is 305 g/mol. The normalized spacial score (nSPS) is 16.0. The molecule has 0 aromatic carbocycles. The molecule has 1 aliphatic rings. The first-order valence-electron chi connectivity index (χ1n) is 6.46. The summed E-state index contributed by atoms with van der Waals surface area (Å²) < 4.78 is 0. The van der Waals surface area contributed by atoms with Gasteiger partial charge in [-0.1, -0.05) is 0 Å². The van der Waals surface area contributed by atoms with Crippen LogP contribution in [0.25, 0.3) is 6.08 Å². The molecule has 0 bridgehead atoms. The average Bonchev–Trinajstić information content (AvgIpc) is 3.18. The van der Waals surface area contributed by atoms with Gasteiger partial charge in [-0.2, -0.15) is 11.3 Å². The van der Waals surface area contributed by atoms with Crippen molar-refractivity contribution in [1.29, 1.82) is 0 Å². The smallest absolute Gasteiger partial charge is 0.246 e. The molecule has 6 heteroatoms. The second-order valence-corrected chi connectivity index (χ2v) is 6.17. The van der Waals surface area contributed by atoms with E-state index in [4.69, 9.17) is 0 Å². The van der Waals surface area contributed by atoms with Crippen LogP contribution in [0, 0.1) is 0 Å². The lowest BCUT2D eigenvalue weighted by atomic mass is 10.2. The van der Waals surface area contributed by atoms with Crippen LogP contribution in [0.5, 0.6) is 0 Å². The Kier molecular flexibility index (Phi) is 4.13. The van der Waals surface area contributed by atoms with E-state index in [9.17, 15) is 4.79 Å². The minimum atomic E-state index is 0.0926. The summed E-state index contributed by atoms with van der Waals surface area (Å²) in [6, 6.07) is 2.01. The summed E-state index contributed by atoms with van der Waals surface area (Å²) in [7, 11) is 0. The number of hydrogen-bond acceptors (Lipinski definition) is 5. The Morgan fingerprint density at radius 3 is 2.75 bits per heavy atom. The van der Waals surface area contributed by atoms with E-state index in [0.717, 1.165) is 36.9 Å². The van der Waals surface area contributed by atoms with Gasteiger partial charge in [0.25, 0.3) is 0 Å². The molecule has 4 nitrogen and oxygen atoms in total. The molecule has 0 spiro atoms. The van der Waals surface area contributed by atoms with Crippen molar-refractivity contribution in [2.75, 3.05) is 31.1 Å². The van der Waals surface area contributed by atoms with Gasteiger partial charge in [0, 0.05) is 43.8 Å². The van der Waals surface area contributed by atoms with Crippen molar-refractivity contribution >= 4 is 39.8 Å². The van der Waals surface area contributed by atoms with Crippen LogP contribution in [0.3, 0.4) is 0 Å². The van der Waals surface area contributed by atoms with Gasteiger partial charge in [-0.3, -0.25) is 4.79 Å². The maximum Gasteiger partial charge on any atom is 0.246 e. The summed E-state index contributed by atoms with van der Waals surface area (Å²) in [5.41, 5.74) is 1.09. The van der Waals surface area contributed by atoms with Gasteiger partial charge >= 0.3 is 0 Å². The lowest BCUT2D eigenvalue weighted by Crippen LogP contribution is -2.48. The SMILES string of the molecule is O=C(C=Cc1ccsc1)N1CCN(c2nccs2)CC1. The molecule has 2 aromatic heterocycles. The van der Waals surface area contributed by atoms with Crippen molar-refractivity contribution in [1.82, 2.24) is 9.88 Å². The van der Waals surface area contributed by atoms with Gasteiger partial charge in [0.05, 0.1) is 0 Å². The highest BCUT2D eigenvalue weighted by Gasteiger charge is 2.20. The number of thiophene rings is 1. The zero-order valence-electron chi connectivity index (χ0n) is 10.9. The Morgan fingerprint density at radius 1 is 1.25 bits per heavy atom. The number of rotatable bonds is 3. The number of thiazole rings is 1. The Balaban J connectivity index is 1.54. The molecule has 1 amide bonds. The molecule has 20 heavy (non-hydrogen) atoms. The minimum absolute atomic E-state index is 0.0926. The predicted molar refractivity (Wildman–Crippen MR) is 84.3 cm³/mol.